The summed E-state index contributed by atoms with van der Waals surface area (Å²) in [5.41, 5.74) is 2.17. The van der Waals surface area contributed by atoms with Crippen LogP contribution in [-0.2, 0) is 6.42 Å². The van der Waals surface area contributed by atoms with E-state index >= 15 is 0 Å². The van der Waals surface area contributed by atoms with Gasteiger partial charge in [-0.05, 0) is 62.6 Å². The van der Waals surface area contributed by atoms with Crippen LogP contribution in [0.5, 0.6) is 0 Å². The Morgan fingerprint density at radius 1 is 1.25 bits per heavy atom. The molecule has 2 heteroatoms. The topological polar surface area (TPSA) is 29.1 Å². The van der Waals surface area contributed by atoms with Crippen molar-refractivity contribution < 1.29 is 4.79 Å². The lowest BCUT2D eigenvalue weighted by atomic mass is 9.83. The van der Waals surface area contributed by atoms with Crippen molar-refractivity contribution in [3.63, 3.8) is 0 Å². The number of nitrogens with one attached hydrogen (secondary N) is 1. The molecule has 0 aromatic heterocycles. The Hall–Kier alpha value is -1.15. The minimum Gasteiger partial charge on any atom is -0.319 e. The summed E-state index contributed by atoms with van der Waals surface area (Å²) < 4.78 is 0. The highest BCUT2D eigenvalue weighted by Crippen LogP contribution is 2.49. The molecule has 0 amide bonds. The average molecular weight is 271 g/mol. The Morgan fingerprint density at radius 2 is 2.10 bits per heavy atom. The minimum atomic E-state index is 0.370. The van der Waals surface area contributed by atoms with E-state index < -0.39 is 0 Å². The van der Waals surface area contributed by atoms with Crippen molar-refractivity contribution in [3.05, 3.63) is 35.4 Å². The lowest BCUT2D eigenvalue weighted by molar-refractivity contribution is 0.0943. The molecule has 3 rings (SSSR count). The van der Waals surface area contributed by atoms with Crippen molar-refractivity contribution in [2.45, 2.75) is 38.5 Å². The lowest BCUT2D eigenvalue weighted by Crippen LogP contribution is -2.17. The molecule has 2 nitrogen and oxygen atoms in total. The van der Waals surface area contributed by atoms with Gasteiger partial charge in [-0.3, -0.25) is 4.79 Å². The van der Waals surface area contributed by atoms with E-state index in [1.807, 2.05) is 25.2 Å². The zero-order chi connectivity index (χ0) is 13.9. The maximum Gasteiger partial charge on any atom is 0.163 e. The summed E-state index contributed by atoms with van der Waals surface area (Å²) in [7, 11) is 1.96. The third kappa shape index (κ3) is 2.80. The summed E-state index contributed by atoms with van der Waals surface area (Å²) >= 11 is 0. The van der Waals surface area contributed by atoms with Crippen LogP contribution >= 0.6 is 0 Å². The summed E-state index contributed by atoms with van der Waals surface area (Å²) in [6.07, 6.45) is 7.18. The van der Waals surface area contributed by atoms with Gasteiger partial charge >= 0.3 is 0 Å². The third-order valence-corrected chi connectivity index (χ3v) is 5.29. The highest BCUT2D eigenvalue weighted by atomic mass is 16.1. The van der Waals surface area contributed by atoms with Crippen molar-refractivity contribution >= 4 is 5.78 Å². The standard InChI is InChI=1S/C18H25NO/c1-19-9-8-14-4-2-3-5-17(14)18(20)12-16-11-13-6-7-15(16)10-13/h2-5,13,15-16,19H,6-12H2,1H3. The largest absolute Gasteiger partial charge is 0.319 e. The van der Waals surface area contributed by atoms with Crippen LogP contribution in [0.1, 0.15) is 48.0 Å². The molecule has 2 saturated carbocycles. The van der Waals surface area contributed by atoms with E-state index in [0.29, 0.717) is 11.7 Å². The number of hydrogen-bond acceptors (Lipinski definition) is 2. The quantitative estimate of drug-likeness (QED) is 0.803. The van der Waals surface area contributed by atoms with Crippen LogP contribution in [0.25, 0.3) is 0 Å². The van der Waals surface area contributed by atoms with Crippen molar-refractivity contribution in [3.8, 4) is 0 Å². The number of carbonyl (C=O) groups is 1. The predicted molar refractivity (Wildman–Crippen MR) is 82.0 cm³/mol. The molecule has 1 aromatic rings. The molecule has 2 aliphatic rings. The van der Waals surface area contributed by atoms with Gasteiger partial charge in [-0.25, -0.2) is 0 Å². The first-order valence-corrected chi connectivity index (χ1v) is 8.03. The summed E-state index contributed by atoms with van der Waals surface area (Å²) in [5, 5.41) is 3.17. The monoisotopic (exact) mass is 271 g/mol. The summed E-state index contributed by atoms with van der Waals surface area (Å²) in [6.45, 7) is 0.929. The van der Waals surface area contributed by atoms with Crippen LogP contribution in [0.3, 0.4) is 0 Å². The van der Waals surface area contributed by atoms with Gasteiger partial charge < -0.3 is 5.32 Å². The van der Waals surface area contributed by atoms with Crippen LogP contribution in [0.4, 0.5) is 0 Å². The van der Waals surface area contributed by atoms with E-state index in [0.717, 1.165) is 36.8 Å². The zero-order valence-electron chi connectivity index (χ0n) is 12.4. The first-order chi connectivity index (χ1) is 9.78. The Kier molecular flexibility index (Phi) is 4.21. The molecule has 3 unspecified atom stereocenters. The van der Waals surface area contributed by atoms with Crippen LogP contribution in [-0.4, -0.2) is 19.4 Å². The maximum atomic E-state index is 12.6. The molecule has 1 N–H and O–H groups in total. The van der Waals surface area contributed by atoms with Gasteiger partial charge in [0.1, 0.15) is 0 Å². The van der Waals surface area contributed by atoms with Gasteiger partial charge in [0.2, 0.25) is 0 Å². The molecule has 2 aliphatic carbocycles. The van der Waals surface area contributed by atoms with Crippen LogP contribution in [0.15, 0.2) is 24.3 Å². The zero-order valence-corrected chi connectivity index (χ0v) is 12.4. The van der Waals surface area contributed by atoms with Crippen molar-refractivity contribution in [1.29, 1.82) is 0 Å². The molecular formula is C18H25NO. The Morgan fingerprint density at radius 3 is 2.80 bits per heavy atom. The van der Waals surface area contributed by atoms with Gasteiger partial charge in [0.25, 0.3) is 0 Å². The molecule has 1 aromatic carbocycles. The molecule has 2 bridgehead atoms. The van der Waals surface area contributed by atoms with Gasteiger partial charge in [-0.2, -0.15) is 0 Å². The fraction of sp³-hybridized carbons (Fsp3) is 0.611. The second-order valence-corrected chi connectivity index (χ2v) is 6.57. The van der Waals surface area contributed by atoms with Crippen LogP contribution in [0.2, 0.25) is 0 Å². The SMILES string of the molecule is CNCCc1ccccc1C(=O)CC1CC2CCC1C2. The molecule has 20 heavy (non-hydrogen) atoms. The fourth-order valence-electron chi connectivity index (χ4n) is 4.24. The van der Waals surface area contributed by atoms with E-state index in [9.17, 15) is 4.79 Å². The van der Waals surface area contributed by atoms with Crippen molar-refractivity contribution in [2.75, 3.05) is 13.6 Å². The molecular weight excluding hydrogens is 246 g/mol. The molecule has 0 heterocycles. The smallest absolute Gasteiger partial charge is 0.163 e. The number of likely N-dealkylation sites (N-methyl/N-ethyl adjacent to an activating group) is 1. The summed E-state index contributed by atoms with van der Waals surface area (Å²) in [4.78, 5) is 12.6. The van der Waals surface area contributed by atoms with Gasteiger partial charge in [0, 0.05) is 12.0 Å². The van der Waals surface area contributed by atoms with E-state index in [1.165, 1.54) is 31.2 Å². The fourth-order valence-corrected chi connectivity index (χ4v) is 4.24. The molecule has 0 radical (unpaired) electrons. The Bertz CT molecular complexity index is 482. The molecule has 0 saturated heterocycles. The first-order valence-electron chi connectivity index (χ1n) is 8.03. The summed E-state index contributed by atoms with van der Waals surface area (Å²) in [5.74, 6) is 2.80. The minimum absolute atomic E-state index is 0.370. The molecule has 2 fully saturated rings. The first kappa shape index (κ1) is 13.8. The highest BCUT2D eigenvalue weighted by molar-refractivity contribution is 5.97. The van der Waals surface area contributed by atoms with Crippen LogP contribution < -0.4 is 5.32 Å². The number of benzene rings is 1. The number of rotatable bonds is 6. The van der Waals surface area contributed by atoms with E-state index in [-0.39, 0.29) is 0 Å². The predicted octanol–water partition coefficient (Wildman–Crippen LogP) is 3.46. The number of ketones is 1. The van der Waals surface area contributed by atoms with E-state index in [2.05, 4.69) is 11.4 Å². The second-order valence-electron chi connectivity index (χ2n) is 6.57. The van der Waals surface area contributed by atoms with Gasteiger partial charge in [-0.15, -0.1) is 0 Å². The highest BCUT2D eigenvalue weighted by Gasteiger charge is 2.40. The number of fused-ring (bicyclic) bond motifs is 2. The van der Waals surface area contributed by atoms with Gasteiger partial charge in [0.15, 0.2) is 5.78 Å². The number of hydrogen-bond donors (Lipinski definition) is 1. The number of Topliss-reactive ketones (excluding diaryl/α,β-unsaturated/α-hetero) is 1. The summed E-state index contributed by atoms with van der Waals surface area (Å²) in [6, 6.07) is 8.15. The van der Waals surface area contributed by atoms with Crippen LogP contribution in [0, 0.1) is 17.8 Å². The Labute approximate surface area is 122 Å². The van der Waals surface area contributed by atoms with Gasteiger partial charge in [-0.1, -0.05) is 30.7 Å². The molecule has 3 atom stereocenters. The van der Waals surface area contributed by atoms with Gasteiger partial charge in [0.05, 0.1) is 0 Å². The normalized spacial score (nSPS) is 27.9. The molecule has 0 aliphatic heterocycles. The number of carbonyl (C=O) groups excluding carboxylic acids is 1. The second kappa shape index (κ2) is 6.09. The molecule has 0 spiro atoms. The lowest BCUT2D eigenvalue weighted by Gasteiger charge is -2.21. The van der Waals surface area contributed by atoms with Crippen molar-refractivity contribution in [2.24, 2.45) is 17.8 Å². The van der Waals surface area contributed by atoms with E-state index in [4.69, 9.17) is 0 Å². The van der Waals surface area contributed by atoms with Crippen molar-refractivity contribution in [1.82, 2.24) is 5.32 Å². The maximum absolute atomic E-state index is 12.6. The molecule has 108 valence electrons. The third-order valence-electron chi connectivity index (χ3n) is 5.29. The Balaban J connectivity index is 1.67. The average Bonchev–Trinajstić information content (AvgIpc) is 3.08. The van der Waals surface area contributed by atoms with E-state index in [1.54, 1.807) is 0 Å².